The van der Waals surface area contributed by atoms with Crippen molar-refractivity contribution in [3.63, 3.8) is 0 Å². The summed E-state index contributed by atoms with van der Waals surface area (Å²) in [7, 11) is 0. The van der Waals surface area contributed by atoms with E-state index in [1.165, 1.54) is 5.56 Å². The Balaban J connectivity index is 1.08. The van der Waals surface area contributed by atoms with Crippen LogP contribution in [0.5, 0.6) is 0 Å². The van der Waals surface area contributed by atoms with Gasteiger partial charge < -0.3 is 8.83 Å². The molecule has 0 amide bonds. The molecule has 56 heavy (non-hydrogen) atoms. The lowest BCUT2D eigenvalue weighted by Crippen LogP contribution is -2.30. The Kier molecular flexibility index (Phi) is 7.46. The number of para-hydroxylation sites is 1. The zero-order valence-corrected chi connectivity index (χ0v) is 30.3. The minimum absolute atomic E-state index is 0.819. The van der Waals surface area contributed by atoms with Crippen molar-refractivity contribution in [2.75, 3.05) is 0 Å². The van der Waals surface area contributed by atoms with Gasteiger partial charge in [0.05, 0.1) is 5.56 Å². The van der Waals surface area contributed by atoms with Crippen LogP contribution in [0.3, 0.4) is 0 Å². The van der Waals surface area contributed by atoms with Crippen LogP contribution in [-0.2, 0) is 0 Å². The van der Waals surface area contributed by atoms with E-state index in [0.717, 1.165) is 99.9 Å². The van der Waals surface area contributed by atoms with Crippen LogP contribution in [0.2, 0.25) is 0 Å². The van der Waals surface area contributed by atoms with Gasteiger partial charge in [0.1, 0.15) is 33.7 Å². The maximum absolute atomic E-state index is 6.76. The molecule has 0 bridgehead atoms. The van der Waals surface area contributed by atoms with Gasteiger partial charge in [-0.2, -0.15) is 4.57 Å². The van der Waals surface area contributed by atoms with Crippen molar-refractivity contribution in [2.45, 2.75) is 0 Å². The maximum Gasteiger partial charge on any atom is 0.210 e. The van der Waals surface area contributed by atoms with Gasteiger partial charge in [-0.25, -0.2) is 4.98 Å². The second kappa shape index (κ2) is 13.1. The van der Waals surface area contributed by atoms with E-state index in [1.54, 1.807) is 0 Å². The number of furan rings is 2. The quantitative estimate of drug-likeness (QED) is 0.161. The first-order chi connectivity index (χ1) is 27.7. The molecule has 0 saturated heterocycles. The van der Waals surface area contributed by atoms with Gasteiger partial charge in [-0.3, -0.25) is 0 Å². The number of rotatable bonds is 6. The van der Waals surface area contributed by atoms with Crippen LogP contribution >= 0.6 is 0 Å². The first-order valence-electron chi connectivity index (χ1n) is 18.8. The largest absolute Gasteiger partial charge is 0.455 e. The van der Waals surface area contributed by atoms with E-state index >= 15 is 0 Å². The van der Waals surface area contributed by atoms with Crippen LogP contribution in [0.25, 0.3) is 105 Å². The fourth-order valence-corrected chi connectivity index (χ4v) is 7.98. The highest BCUT2D eigenvalue weighted by molar-refractivity contribution is 6.22. The Labute approximate surface area is 323 Å². The molecule has 3 aromatic heterocycles. The zero-order valence-electron chi connectivity index (χ0n) is 30.3. The van der Waals surface area contributed by atoms with Crippen LogP contribution in [0.1, 0.15) is 0 Å². The molecule has 11 aromatic rings. The molecule has 8 aromatic carbocycles. The highest BCUT2D eigenvalue weighted by Crippen LogP contribution is 2.45. The number of hydrogen-bond acceptors (Lipinski definition) is 3. The summed E-state index contributed by atoms with van der Waals surface area (Å²) in [4.78, 5) is 5.18. The number of hydrogen-bond donors (Lipinski definition) is 0. The van der Waals surface area contributed by atoms with E-state index in [0.29, 0.717) is 0 Å². The average molecular weight is 718 g/mol. The standard InChI is InChI=1S/C52H33N2O2/c1-5-14-34(15-6-1)38-24-26-48-42(29-38)44-31-45-43-30-39(25-27-49(43)56-52(45)50(51(44)55-48)36-18-9-3-10-19-36)37-20-13-21-40(28-37)47-33-54(41-22-11-4-12-23-41)32-46(53-47)35-16-7-2-8-17-35/h1-33H/q+1. The van der Waals surface area contributed by atoms with Gasteiger partial charge in [-0.15, -0.1) is 0 Å². The molecular weight excluding hydrogens is 685 g/mol. The molecule has 262 valence electrons. The Hall–Kier alpha value is -7.56. The number of nitrogens with zero attached hydrogens (tertiary/aromatic N) is 2. The van der Waals surface area contributed by atoms with Crippen molar-refractivity contribution in [2.24, 2.45) is 0 Å². The minimum Gasteiger partial charge on any atom is -0.455 e. The molecule has 11 rings (SSSR count). The van der Waals surface area contributed by atoms with Crippen molar-refractivity contribution in [1.82, 2.24) is 4.98 Å². The van der Waals surface area contributed by atoms with E-state index in [4.69, 9.17) is 13.8 Å². The molecule has 0 radical (unpaired) electrons. The molecule has 0 aliphatic heterocycles. The SMILES string of the molecule is c1ccc(-c2ccc3oc4c(-c5ccccc5)c5oc6ccc(-c7cccc(-c8c[n+](-c9ccccc9)cc(-c9ccccc9)n8)c7)cc6c5cc4c3c2)cc1. The van der Waals surface area contributed by atoms with Crippen LogP contribution in [0.15, 0.2) is 209 Å². The third-order valence-corrected chi connectivity index (χ3v) is 10.7. The van der Waals surface area contributed by atoms with Crippen molar-refractivity contribution >= 4 is 43.9 Å². The Morgan fingerprint density at radius 3 is 1.41 bits per heavy atom. The van der Waals surface area contributed by atoms with Crippen molar-refractivity contribution in [3.05, 3.63) is 200 Å². The molecule has 3 heterocycles. The first kappa shape index (κ1) is 31.9. The lowest BCUT2D eigenvalue weighted by Gasteiger charge is -2.08. The molecule has 0 fully saturated rings. The van der Waals surface area contributed by atoms with E-state index < -0.39 is 0 Å². The highest BCUT2D eigenvalue weighted by Gasteiger charge is 2.22. The summed E-state index contributed by atoms with van der Waals surface area (Å²) in [5.74, 6) is 0. The molecule has 0 aliphatic carbocycles. The van der Waals surface area contributed by atoms with E-state index in [-0.39, 0.29) is 0 Å². The lowest BCUT2D eigenvalue weighted by atomic mass is 9.96. The Morgan fingerprint density at radius 1 is 0.339 bits per heavy atom. The third-order valence-electron chi connectivity index (χ3n) is 10.7. The predicted molar refractivity (Wildman–Crippen MR) is 228 cm³/mol. The van der Waals surface area contributed by atoms with Gasteiger partial charge in [0.2, 0.25) is 18.1 Å². The fourth-order valence-electron chi connectivity index (χ4n) is 7.98. The van der Waals surface area contributed by atoms with Crippen LogP contribution in [-0.4, -0.2) is 4.98 Å². The second-order valence-electron chi connectivity index (χ2n) is 14.2. The van der Waals surface area contributed by atoms with Crippen molar-refractivity contribution in [3.8, 4) is 61.6 Å². The van der Waals surface area contributed by atoms with Gasteiger partial charge >= 0.3 is 0 Å². The minimum atomic E-state index is 0.819. The molecule has 4 nitrogen and oxygen atoms in total. The Morgan fingerprint density at radius 2 is 0.804 bits per heavy atom. The first-order valence-corrected chi connectivity index (χ1v) is 18.8. The summed E-state index contributed by atoms with van der Waals surface area (Å²) >= 11 is 0. The average Bonchev–Trinajstić information content (AvgIpc) is 3.83. The number of fused-ring (bicyclic) bond motifs is 6. The summed E-state index contributed by atoms with van der Waals surface area (Å²) < 4.78 is 15.6. The van der Waals surface area contributed by atoms with Crippen LogP contribution in [0.4, 0.5) is 0 Å². The highest BCUT2D eigenvalue weighted by atomic mass is 16.3. The fraction of sp³-hybridized carbons (Fsp3) is 0. The molecule has 0 atom stereocenters. The van der Waals surface area contributed by atoms with Gasteiger partial charge in [0.15, 0.2) is 0 Å². The predicted octanol–water partition coefficient (Wildman–Crippen LogP) is 13.5. The maximum atomic E-state index is 6.76. The molecule has 0 saturated carbocycles. The second-order valence-corrected chi connectivity index (χ2v) is 14.2. The molecule has 0 spiro atoms. The summed E-state index contributed by atoms with van der Waals surface area (Å²) in [6, 6.07) is 65.6. The van der Waals surface area contributed by atoms with E-state index in [1.807, 2.05) is 24.3 Å². The molecule has 4 heteroatoms. The number of aromatic nitrogens is 2. The summed E-state index contributed by atoms with van der Waals surface area (Å²) in [5.41, 5.74) is 14.9. The van der Waals surface area contributed by atoms with Crippen LogP contribution < -0.4 is 4.57 Å². The molecular formula is C52H33N2O2+. The normalized spacial score (nSPS) is 11.6. The molecule has 0 N–H and O–H groups in total. The molecule has 0 unspecified atom stereocenters. The van der Waals surface area contributed by atoms with E-state index in [9.17, 15) is 0 Å². The summed E-state index contributed by atoms with van der Waals surface area (Å²) in [5, 5.41) is 4.26. The van der Waals surface area contributed by atoms with Crippen molar-refractivity contribution < 1.29 is 13.4 Å². The monoisotopic (exact) mass is 717 g/mol. The van der Waals surface area contributed by atoms with Gasteiger partial charge in [-0.05, 0) is 64.2 Å². The molecule has 0 aliphatic rings. The van der Waals surface area contributed by atoms with Crippen LogP contribution in [0, 0.1) is 0 Å². The zero-order chi connectivity index (χ0) is 37.0. The summed E-state index contributed by atoms with van der Waals surface area (Å²) in [6.45, 7) is 0. The Bertz CT molecular complexity index is 3160. The number of benzene rings is 8. The summed E-state index contributed by atoms with van der Waals surface area (Å²) in [6.07, 6.45) is 4.21. The van der Waals surface area contributed by atoms with Crippen molar-refractivity contribution in [1.29, 1.82) is 0 Å². The van der Waals surface area contributed by atoms with Gasteiger partial charge in [0, 0.05) is 44.8 Å². The topological polar surface area (TPSA) is 43.0 Å². The van der Waals surface area contributed by atoms with Gasteiger partial charge in [0.25, 0.3) is 0 Å². The third kappa shape index (κ3) is 5.47. The van der Waals surface area contributed by atoms with E-state index in [2.05, 4.69) is 181 Å². The smallest absolute Gasteiger partial charge is 0.210 e. The van der Waals surface area contributed by atoms with Gasteiger partial charge in [-0.1, -0.05) is 140 Å². The lowest BCUT2D eigenvalue weighted by molar-refractivity contribution is -0.595.